The standard InChI is InChI=1S/C42H28O4/c1-45-41(43)35-21-33(29-17-13-27-11-9-23-5-3-7-25-15-19-31(29)39(27)37(23)25)34(22-36(35)42(44)46-2)30-18-14-28-12-10-24-6-4-8-26-16-20-32(30)40(28)38(24)26/h3-20H,21-22H2,1-2H3. The molecule has 0 unspecified atom stereocenters. The fourth-order valence-corrected chi connectivity index (χ4v) is 7.93. The van der Waals surface area contributed by atoms with Crippen molar-refractivity contribution in [3.63, 3.8) is 0 Å². The van der Waals surface area contributed by atoms with E-state index in [1.807, 2.05) is 0 Å². The van der Waals surface area contributed by atoms with Gasteiger partial charge in [-0.1, -0.05) is 109 Å². The lowest BCUT2D eigenvalue weighted by molar-refractivity contribution is -0.139. The van der Waals surface area contributed by atoms with Crippen LogP contribution in [0, 0.1) is 0 Å². The molecule has 1 aliphatic rings. The van der Waals surface area contributed by atoms with Crippen molar-refractivity contribution in [3.05, 3.63) is 131 Å². The minimum absolute atomic E-state index is 0.248. The van der Waals surface area contributed by atoms with E-state index in [9.17, 15) is 9.59 Å². The Labute approximate surface area is 264 Å². The lowest BCUT2D eigenvalue weighted by Crippen LogP contribution is -2.19. The molecular weight excluding hydrogens is 568 g/mol. The molecule has 0 atom stereocenters. The second-order valence-electron chi connectivity index (χ2n) is 12.2. The molecule has 0 aromatic heterocycles. The van der Waals surface area contributed by atoms with Gasteiger partial charge in [-0.15, -0.1) is 0 Å². The van der Waals surface area contributed by atoms with Crippen molar-refractivity contribution in [1.29, 1.82) is 0 Å². The van der Waals surface area contributed by atoms with Crippen LogP contribution in [0.3, 0.4) is 0 Å². The van der Waals surface area contributed by atoms with Gasteiger partial charge in [0, 0.05) is 12.8 Å². The molecule has 0 N–H and O–H groups in total. The first-order chi connectivity index (χ1) is 22.6. The SMILES string of the molecule is COC(=O)C1=C(C(=O)OC)CC(c2ccc3ccc4cccc5ccc2c3c45)=C(c2ccc3ccc4cccc5ccc2c3c45)C1. The third kappa shape index (κ3) is 3.67. The molecule has 0 saturated carbocycles. The van der Waals surface area contributed by atoms with Crippen molar-refractivity contribution in [2.24, 2.45) is 0 Å². The van der Waals surface area contributed by atoms with Gasteiger partial charge in [0.05, 0.1) is 25.4 Å². The Balaban J connectivity index is 1.39. The van der Waals surface area contributed by atoms with Crippen molar-refractivity contribution in [3.8, 4) is 0 Å². The number of carbonyl (C=O) groups is 2. The molecule has 0 radical (unpaired) electrons. The van der Waals surface area contributed by atoms with E-state index in [4.69, 9.17) is 9.47 Å². The molecule has 1 aliphatic carbocycles. The molecule has 0 heterocycles. The maximum absolute atomic E-state index is 13.3. The van der Waals surface area contributed by atoms with Gasteiger partial charge in [0.15, 0.2) is 0 Å². The lowest BCUT2D eigenvalue weighted by atomic mass is 9.77. The van der Waals surface area contributed by atoms with Crippen molar-refractivity contribution in [1.82, 2.24) is 0 Å². The maximum Gasteiger partial charge on any atom is 0.334 e. The Morgan fingerprint density at radius 3 is 1.13 bits per heavy atom. The van der Waals surface area contributed by atoms with Crippen molar-refractivity contribution in [2.45, 2.75) is 12.8 Å². The molecule has 8 aromatic rings. The smallest absolute Gasteiger partial charge is 0.334 e. The highest BCUT2D eigenvalue weighted by molar-refractivity contribution is 6.28. The summed E-state index contributed by atoms with van der Waals surface area (Å²) in [5.41, 5.74) is 4.82. The number of esters is 2. The number of methoxy groups -OCH3 is 2. The van der Waals surface area contributed by atoms with Gasteiger partial charge in [-0.3, -0.25) is 0 Å². The van der Waals surface area contributed by atoms with Crippen LogP contribution in [0.4, 0.5) is 0 Å². The molecule has 4 heteroatoms. The number of benzene rings is 8. The van der Waals surface area contributed by atoms with Gasteiger partial charge in [-0.2, -0.15) is 0 Å². The minimum atomic E-state index is -0.509. The van der Waals surface area contributed by atoms with E-state index in [1.54, 1.807) is 0 Å². The summed E-state index contributed by atoms with van der Waals surface area (Å²) in [7, 11) is 2.72. The highest BCUT2D eigenvalue weighted by Gasteiger charge is 2.32. The lowest BCUT2D eigenvalue weighted by Gasteiger charge is -2.27. The van der Waals surface area contributed by atoms with Gasteiger partial charge in [-0.05, 0) is 86.9 Å². The van der Waals surface area contributed by atoms with Crippen LogP contribution >= 0.6 is 0 Å². The van der Waals surface area contributed by atoms with Crippen molar-refractivity contribution < 1.29 is 19.1 Å². The summed E-state index contributed by atoms with van der Waals surface area (Å²) in [6, 6.07) is 39.0. The zero-order valence-corrected chi connectivity index (χ0v) is 25.4. The number of rotatable bonds is 4. The Kier molecular flexibility index (Phi) is 5.72. The normalized spacial score (nSPS) is 14.1. The molecule has 0 spiro atoms. The molecule has 9 rings (SSSR count). The van der Waals surface area contributed by atoms with E-state index in [2.05, 4.69) is 109 Å². The first-order valence-corrected chi connectivity index (χ1v) is 15.5. The quantitative estimate of drug-likeness (QED) is 0.150. The van der Waals surface area contributed by atoms with E-state index in [1.165, 1.54) is 68.1 Å². The van der Waals surface area contributed by atoms with Gasteiger partial charge < -0.3 is 9.47 Å². The Morgan fingerprint density at radius 2 is 0.761 bits per heavy atom. The fourth-order valence-electron chi connectivity index (χ4n) is 7.93. The summed E-state index contributed by atoms with van der Waals surface area (Å²) in [5.74, 6) is -1.02. The van der Waals surface area contributed by atoms with Crippen LogP contribution in [-0.4, -0.2) is 26.2 Å². The van der Waals surface area contributed by atoms with Gasteiger partial charge >= 0.3 is 11.9 Å². The maximum atomic E-state index is 13.3. The predicted octanol–water partition coefficient (Wildman–Crippen LogP) is 9.83. The Hall–Kier alpha value is -5.74. The first kappa shape index (κ1) is 26.6. The first-order valence-electron chi connectivity index (χ1n) is 15.5. The molecule has 0 bridgehead atoms. The third-order valence-electron chi connectivity index (χ3n) is 10.0. The summed E-state index contributed by atoms with van der Waals surface area (Å²) in [6.45, 7) is 0. The van der Waals surface area contributed by atoms with Crippen LogP contribution in [0.1, 0.15) is 24.0 Å². The number of ether oxygens (including phenoxy) is 2. The molecule has 4 nitrogen and oxygen atoms in total. The highest BCUT2D eigenvalue weighted by Crippen LogP contribution is 2.48. The number of carbonyl (C=O) groups excluding carboxylic acids is 2. The molecule has 46 heavy (non-hydrogen) atoms. The molecule has 0 amide bonds. The Bertz CT molecular complexity index is 2420. The van der Waals surface area contributed by atoms with E-state index in [0.29, 0.717) is 11.1 Å². The van der Waals surface area contributed by atoms with Crippen LogP contribution in [0.5, 0.6) is 0 Å². The van der Waals surface area contributed by atoms with E-state index >= 15 is 0 Å². The van der Waals surface area contributed by atoms with Crippen LogP contribution in [0.15, 0.2) is 120 Å². The van der Waals surface area contributed by atoms with Crippen LogP contribution in [0.2, 0.25) is 0 Å². The molecule has 220 valence electrons. The Morgan fingerprint density at radius 1 is 0.435 bits per heavy atom. The van der Waals surface area contributed by atoms with E-state index in [0.717, 1.165) is 33.0 Å². The van der Waals surface area contributed by atoms with Crippen LogP contribution in [-0.2, 0) is 19.1 Å². The van der Waals surface area contributed by atoms with E-state index < -0.39 is 11.9 Å². The summed E-state index contributed by atoms with van der Waals surface area (Å²) in [5, 5.41) is 14.2. The highest BCUT2D eigenvalue weighted by atomic mass is 16.5. The summed E-state index contributed by atoms with van der Waals surface area (Å²) < 4.78 is 10.5. The van der Waals surface area contributed by atoms with Gasteiger partial charge in [0.1, 0.15) is 0 Å². The van der Waals surface area contributed by atoms with Crippen LogP contribution < -0.4 is 0 Å². The largest absolute Gasteiger partial charge is 0.466 e. The van der Waals surface area contributed by atoms with Crippen molar-refractivity contribution >= 4 is 87.7 Å². The molecule has 0 saturated heterocycles. The molecule has 8 aromatic carbocycles. The zero-order chi connectivity index (χ0) is 31.1. The topological polar surface area (TPSA) is 52.6 Å². The van der Waals surface area contributed by atoms with Gasteiger partial charge in [-0.25, -0.2) is 9.59 Å². The van der Waals surface area contributed by atoms with Crippen LogP contribution in [0.25, 0.3) is 75.8 Å². The third-order valence-corrected chi connectivity index (χ3v) is 10.0. The van der Waals surface area contributed by atoms with E-state index in [-0.39, 0.29) is 12.8 Å². The summed E-state index contributed by atoms with van der Waals surface area (Å²) in [6.07, 6.45) is 0.497. The minimum Gasteiger partial charge on any atom is -0.466 e. The summed E-state index contributed by atoms with van der Waals surface area (Å²) in [4.78, 5) is 26.6. The zero-order valence-electron chi connectivity index (χ0n) is 25.4. The molecule has 0 fully saturated rings. The second kappa shape index (κ2) is 9.88. The molecule has 0 aliphatic heterocycles. The van der Waals surface area contributed by atoms with Gasteiger partial charge in [0.25, 0.3) is 0 Å². The fraction of sp³-hybridized carbons (Fsp3) is 0.0952. The predicted molar refractivity (Wildman–Crippen MR) is 187 cm³/mol. The number of hydrogen-bond acceptors (Lipinski definition) is 4. The van der Waals surface area contributed by atoms with Crippen molar-refractivity contribution in [2.75, 3.05) is 14.2 Å². The average Bonchev–Trinajstić information content (AvgIpc) is 3.11. The average molecular weight is 597 g/mol. The summed E-state index contributed by atoms with van der Waals surface area (Å²) >= 11 is 0. The monoisotopic (exact) mass is 596 g/mol. The number of hydrogen-bond donors (Lipinski definition) is 0. The second-order valence-corrected chi connectivity index (χ2v) is 12.2. The number of allylic oxidation sites excluding steroid dienone is 2. The molecular formula is C42H28O4. The van der Waals surface area contributed by atoms with Gasteiger partial charge in [0.2, 0.25) is 0 Å².